The monoisotopic (exact) mass is 232 g/mol. The summed E-state index contributed by atoms with van der Waals surface area (Å²) in [6.07, 6.45) is 4.71. The number of anilines is 1. The lowest BCUT2D eigenvalue weighted by atomic mass is 10.3. The van der Waals surface area contributed by atoms with Gasteiger partial charge in [-0.2, -0.15) is 0 Å². The molecule has 1 aliphatic rings. The lowest BCUT2D eigenvalue weighted by Crippen LogP contribution is -2.06. The Kier molecular flexibility index (Phi) is 3.61. The molecule has 0 radical (unpaired) electrons. The molecule has 1 aliphatic carbocycles. The Morgan fingerprint density at radius 3 is 2.82 bits per heavy atom. The van der Waals surface area contributed by atoms with Gasteiger partial charge in [-0.05, 0) is 43.4 Å². The fraction of sp³-hybridized carbons (Fsp3) is 0.538. The van der Waals surface area contributed by atoms with Crippen molar-refractivity contribution < 1.29 is 0 Å². The Bertz CT molecular complexity index is 485. The molecule has 0 saturated heterocycles. The van der Waals surface area contributed by atoms with Crippen molar-refractivity contribution in [3.63, 3.8) is 0 Å². The molecule has 0 aliphatic heterocycles. The predicted molar refractivity (Wildman–Crippen MR) is 70.3 cm³/mol. The van der Waals surface area contributed by atoms with E-state index < -0.39 is 0 Å². The van der Waals surface area contributed by atoms with Crippen LogP contribution in [0.2, 0.25) is 0 Å². The van der Waals surface area contributed by atoms with Crippen molar-refractivity contribution in [1.29, 1.82) is 0 Å². The summed E-state index contributed by atoms with van der Waals surface area (Å²) in [6, 6.07) is 4.11. The van der Waals surface area contributed by atoms with Crippen molar-refractivity contribution in [2.75, 3.05) is 11.9 Å². The third-order valence-corrected chi connectivity index (χ3v) is 2.81. The van der Waals surface area contributed by atoms with E-state index in [1.165, 1.54) is 18.4 Å². The van der Waals surface area contributed by atoms with Gasteiger partial charge in [0.05, 0.1) is 0 Å². The van der Waals surface area contributed by atoms with Crippen LogP contribution in [0, 0.1) is 12.8 Å². The molecule has 1 N–H and O–H groups in total. The lowest BCUT2D eigenvalue weighted by Gasteiger charge is -2.02. The first-order valence-electron chi connectivity index (χ1n) is 6.38. The molecule has 2 aromatic rings. The molecule has 3 rings (SSSR count). The number of hydrogen-bond donors (Lipinski definition) is 1. The van der Waals surface area contributed by atoms with Crippen LogP contribution in [0.5, 0.6) is 0 Å². The second-order valence-electron chi connectivity index (χ2n) is 4.28. The number of aryl methyl sites for hydroxylation is 1. The van der Waals surface area contributed by atoms with E-state index in [9.17, 15) is 0 Å². The Morgan fingerprint density at radius 2 is 2.12 bits per heavy atom. The second kappa shape index (κ2) is 5.17. The van der Waals surface area contributed by atoms with Crippen LogP contribution in [0.25, 0.3) is 5.65 Å². The Hall–Kier alpha value is -1.58. The van der Waals surface area contributed by atoms with Gasteiger partial charge in [-0.25, -0.2) is 0 Å². The van der Waals surface area contributed by atoms with Gasteiger partial charge in [0.15, 0.2) is 5.65 Å². The van der Waals surface area contributed by atoms with Gasteiger partial charge in [0, 0.05) is 12.7 Å². The van der Waals surface area contributed by atoms with Crippen molar-refractivity contribution in [3.8, 4) is 0 Å². The van der Waals surface area contributed by atoms with Crippen molar-refractivity contribution >= 4 is 11.6 Å². The van der Waals surface area contributed by atoms with Crippen LogP contribution in [0.3, 0.4) is 0 Å². The van der Waals surface area contributed by atoms with E-state index in [0.29, 0.717) is 0 Å². The zero-order valence-corrected chi connectivity index (χ0v) is 10.8. The quantitative estimate of drug-likeness (QED) is 0.884. The number of pyridine rings is 1. The maximum Gasteiger partial charge on any atom is 0.229 e. The summed E-state index contributed by atoms with van der Waals surface area (Å²) in [5.74, 6) is 1.71. The van der Waals surface area contributed by atoms with Crippen LogP contribution in [0.1, 0.15) is 32.3 Å². The highest BCUT2D eigenvalue weighted by Crippen LogP contribution is 2.28. The van der Waals surface area contributed by atoms with E-state index in [4.69, 9.17) is 0 Å². The van der Waals surface area contributed by atoms with E-state index >= 15 is 0 Å². The topological polar surface area (TPSA) is 42.2 Å². The van der Waals surface area contributed by atoms with Crippen molar-refractivity contribution in [1.82, 2.24) is 14.6 Å². The fourth-order valence-corrected chi connectivity index (χ4v) is 1.67. The molecular formula is C13H20N4. The van der Waals surface area contributed by atoms with Gasteiger partial charge >= 0.3 is 0 Å². The van der Waals surface area contributed by atoms with E-state index in [1.54, 1.807) is 0 Å². The molecule has 0 amide bonds. The van der Waals surface area contributed by atoms with Crippen LogP contribution in [0.4, 0.5) is 5.95 Å². The summed E-state index contributed by atoms with van der Waals surface area (Å²) in [4.78, 5) is 0. The first kappa shape index (κ1) is 11.9. The van der Waals surface area contributed by atoms with Crippen molar-refractivity contribution in [3.05, 3.63) is 23.9 Å². The molecule has 2 aromatic heterocycles. The maximum atomic E-state index is 4.14. The van der Waals surface area contributed by atoms with Crippen LogP contribution in [0.15, 0.2) is 18.3 Å². The largest absolute Gasteiger partial charge is 0.354 e. The van der Waals surface area contributed by atoms with Gasteiger partial charge in [-0.15, -0.1) is 10.2 Å². The Labute approximate surface area is 102 Å². The zero-order chi connectivity index (χ0) is 12.3. The third-order valence-electron chi connectivity index (χ3n) is 2.81. The summed E-state index contributed by atoms with van der Waals surface area (Å²) in [5.41, 5.74) is 2.12. The molecule has 0 bridgehead atoms. The summed E-state index contributed by atoms with van der Waals surface area (Å²) >= 11 is 0. The van der Waals surface area contributed by atoms with Crippen molar-refractivity contribution in [2.24, 2.45) is 5.92 Å². The minimum absolute atomic E-state index is 0.850. The third kappa shape index (κ3) is 2.75. The van der Waals surface area contributed by atoms with Gasteiger partial charge in [-0.1, -0.05) is 13.8 Å². The second-order valence-corrected chi connectivity index (χ2v) is 4.28. The molecule has 4 heteroatoms. The molecule has 0 aromatic carbocycles. The zero-order valence-electron chi connectivity index (χ0n) is 10.8. The van der Waals surface area contributed by atoms with Gasteiger partial charge in [0.1, 0.15) is 0 Å². The number of aromatic nitrogens is 3. The number of nitrogens with zero attached hydrogens (tertiary/aromatic N) is 3. The molecule has 0 unspecified atom stereocenters. The average molecular weight is 232 g/mol. The molecule has 0 spiro atoms. The fourth-order valence-electron chi connectivity index (χ4n) is 1.67. The standard InChI is InChI=1S/C11H14N4.C2H6/c1-8-4-5-15-10(6-8)13-14-11(15)12-7-9-2-3-9;1-2/h4-6,9H,2-3,7H2,1H3,(H,12,14);1-2H3. The SMILES string of the molecule is CC.Cc1ccn2c(NCC3CC3)nnc2c1. The molecule has 1 fully saturated rings. The number of nitrogens with one attached hydrogen (secondary N) is 1. The Morgan fingerprint density at radius 1 is 1.35 bits per heavy atom. The minimum atomic E-state index is 0.850. The van der Waals surface area contributed by atoms with E-state index in [1.807, 2.05) is 30.5 Å². The highest BCUT2D eigenvalue weighted by molar-refractivity contribution is 5.46. The van der Waals surface area contributed by atoms with Gasteiger partial charge in [0.2, 0.25) is 5.95 Å². The normalized spacial score (nSPS) is 14.3. The van der Waals surface area contributed by atoms with Crippen LogP contribution in [-0.2, 0) is 0 Å². The summed E-state index contributed by atoms with van der Waals surface area (Å²) in [5, 5.41) is 11.6. The molecule has 17 heavy (non-hydrogen) atoms. The van der Waals surface area contributed by atoms with Gasteiger partial charge in [-0.3, -0.25) is 4.40 Å². The van der Waals surface area contributed by atoms with Crippen LogP contribution < -0.4 is 5.32 Å². The predicted octanol–water partition coefficient (Wildman–Crippen LogP) is 2.89. The molecule has 0 atom stereocenters. The first-order valence-corrected chi connectivity index (χ1v) is 6.38. The molecule has 4 nitrogen and oxygen atoms in total. The van der Waals surface area contributed by atoms with Crippen LogP contribution in [-0.4, -0.2) is 21.1 Å². The first-order chi connectivity index (χ1) is 8.33. The maximum absolute atomic E-state index is 4.14. The van der Waals surface area contributed by atoms with Crippen LogP contribution >= 0.6 is 0 Å². The van der Waals surface area contributed by atoms with Gasteiger partial charge < -0.3 is 5.32 Å². The highest BCUT2D eigenvalue weighted by atomic mass is 15.3. The minimum Gasteiger partial charge on any atom is -0.354 e. The smallest absolute Gasteiger partial charge is 0.229 e. The summed E-state index contributed by atoms with van der Waals surface area (Å²) in [7, 11) is 0. The number of hydrogen-bond acceptors (Lipinski definition) is 3. The van der Waals surface area contributed by atoms with E-state index in [-0.39, 0.29) is 0 Å². The summed E-state index contributed by atoms with van der Waals surface area (Å²) in [6.45, 7) is 7.08. The summed E-state index contributed by atoms with van der Waals surface area (Å²) < 4.78 is 2.00. The Balaban J connectivity index is 0.000000514. The molecule has 92 valence electrons. The number of fused-ring (bicyclic) bond motifs is 1. The van der Waals surface area contributed by atoms with E-state index in [0.717, 1.165) is 24.1 Å². The van der Waals surface area contributed by atoms with Crippen molar-refractivity contribution in [2.45, 2.75) is 33.6 Å². The van der Waals surface area contributed by atoms with Gasteiger partial charge in [0.25, 0.3) is 0 Å². The number of rotatable bonds is 3. The molecular weight excluding hydrogens is 212 g/mol. The average Bonchev–Trinajstić information content (AvgIpc) is 3.10. The highest BCUT2D eigenvalue weighted by Gasteiger charge is 2.21. The molecule has 1 saturated carbocycles. The lowest BCUT2D eigenvalue weighted by molar-refractivity contribution is 0.869. The van der Waals surface area contributed by atoms with E-state index in [2.05, 4.69) is 28.5 Å². The molecule has 2 heterocycles.